The fourth-order valence-electron chi connectivity index (χ4n) is 4.93. The zero-order valence-corrected chi connectivity index (χ0v) is 24.6. The molecule has 1 saturated heterocycles. The van der Waals surface area contributed by atoms with Crippen molar-refractivity contribution in [3.05, 3.63) is 65.7 Å². The molecule has 0 spiro atoms. The number of nitrogens with one attached hydrogen (secondary N) is 2. The Balaban J connectivity index is 1.73. The van der Waals surface area contributed by atoms with Gasteiger partial charge in [-0.1, -0.05) is 63.2 Å². The van der Waals surface area contributed by atoms with Gasteiger partial charge in [0.25, 0.3) is 0 Å². The standard InChI is InChI=1S/C32H47N3O5/c1-5-17-35(23-38-4)32(37)30(34-31(36)29(20-24(2)3)33-27-15-18-39-19-16-27)21-25-11-13-28(14-12-25)40-22-26-9-7-6-8-10-26/h6-14,24,27,29-30,33H,5,15-23H2,1-4H3,(H,34,36)/t29-,30-/m0/s1. The summed E-state index contributed by atoms with van der Waals surface area (Å²) in [4.78, 5) is 29.0. The van der Waals surface area contributed by atoms with E-state index in [0.29, 0.717) is 45.1 Å². The Labute approximate surface area is 239 Å². The van der Waals surface area contributed by atoms with Crippen LogP contribution in [0.3, 0.4) is 0 Å². The highest BCUT2D eigenvalue weighted by atomic mass is 16.5. The predicted octanol–water partition coefficient (Wildman–Crippen LogP) is 4.32. The Bertz CT molecular complexity index is 1000. The first-order chi connectivity index (χ1) is 19.4. The van der Waals surface area contributed by atoms with Crippen LogP contribution in [0.5, 0.6) is 5.75 Å². The predicted molar refractivity (Wildman–Crippen MR) is 157 cm³/mol. The van der Waals surface area contributed by atoms with Crippen LogP contribution in [0.1, 0.15) is 57.6 Å². The summed E-state index contributed by atoms with van der Waals surface area (Å²) in [5.41, 5.74) is 2.04. The molecule has 0 radical (unpaired) electrons. The first-order valence-corrected chi connectivity index (χ1v) is 14.6. The summed E-state index contributed by atoms with van der Waals surface area (Å²) >= 11 is 0. The molecule has 220 valence electrons. The van der Waals surface area contributed by atoms with Gasteiger partial charge >= 0.3 is 0 Å². The molecule has 0 bridgehead atoms. The maximum absolute atomic E-state index is 13.7. The third-order valence-corrected chi connectivity index (χ3v) is 7.00. The van der Waals surface area contributed by atoms with Crippen LogP contribution in [0.4, 0.5) is 0 Å². The Hall–Kier alpha value is -2.94. The van der Waals surface area contributed by atoms with E-state index in [2.05, 4.69) is 24.5 Å². The molecule has 1 fully saturated rings. The number of carbonyl (C=O) groups is 2. The van der Waals surface area contributed by atoms with Crippen molar-refractivity contribution in [1.82, 2.24) is 15.5 Å². The van der Waals surface area contributed by atoms with Gasteiger partial charge in [-0.25, -0.2) is 0 Å². The van der Waals surface area contributed by atoms with E-state index >= 15 is 0 Å². The Morgan fingerprint density at radius 1 is 1.00 bits per heavy atom. The van der Waals surface area contributed by atoms with Gasteiger partial charge in [0.2, 0.25) is 11.8 Å². The summed E-state index contributed by atoms with van der Waals surface area (Å²) in [6, 6.07) is 16.9. The highest BCUT2D eigenvalue weighted by Crippen LogP contribution is 2.17. The molecule has 2 N–H and O–H groups in total. The number of hydrogen-bond donors (Lipinski definition) is 2. The third-order valence-electron chi connectivity index (χ3n) is 7.00. The van der Waals surface area contributed by atoms with Gasteiger partial charge in [0, 0.05) is 39.3 Å². The number of amides is 2. The minimum absolute atomic E-state index is 0.143. The maximum atomic E-state index is 13.7. The summed E-state index contributed by atoms with van der Waals surface area (Å²) in [5, 5.41) is 6.66. The molecule has 1 aliphatic rings. The molecular formula is C32H47N3O5. The van der Waals surface area contributed by atoms with E-state index in [-0.39, 0.29) is 30.6 Å². The van der Waals surface area contributed by atoms with Crippen molar-refractivity contribution in [3.8, 4) is 5.75 Å². The van der Waals surface area contributed by atoms with Crippen LogP contribution in [0.25, 0.3) is 0 Å². The van der Waals surface area contributed by atoms with Crippen LogP contribution in [0, 0.1) is 5.92 Å². The van der Waals surface area contributed by atoms with Gasteiger partial charge < -0.3 is 29.7 Å². The summed E-state index contributed by atoms with van der Waals surface area (Å²) in [5.74, 6) is 0.793. The highest BCUT2D eigenvalue weighted by molar-refractivity contribution is 5.90. The lowest BCUT2D eigenvalue weighted by Gasteiger charge is -2.31. The summed E-state index contributed by atoms with van der Waals surface area (Å²) in [6.45, 7) is 8.86. The van der Waals surface area contributed by atoms with Crippen molar-refractivity contribution in [1.29, 1.82) is 0 Å². The molecule has 8 heteroatoms. The van der Waals surface area contributed by atoms with E-state index in [0.717, 1.165) is 36.1 Å². The van der Waals surface area contributed by atoms with Gasteiger partial charge in [0.05, 0.1) is 6.04 Å². The van der Waals surface area contributed by atoms with Gasteiger partial charge in [-0.2, -0.15) is 0 Å². The smallest absolute Gasteiger partial charge is 0.247 e. The zero-order chi connectivity index (χ0) is 28.7. The lowest BCUT2D eigenvalue weighted by atomic mass is 9.99. The van der Waals surface area contributed by atoms with Crippen LogP contribution < -0.4 is 15.4 Å². The van der Waals surface area contributed by atoms with Crippen LogP contribution in [-0.4, -0.2) is 68.4 Å². The lowest BCUT2D eigenvalue weighted by Crippen LogP contribution is -2.56. The lowest BCUT2D eigenvalue weighted by molar-refractivity contribution is -0.141. The number of hydrogen-bond acceptors (Lipinski definition) is 6. The number of methoxy groups -OCH3 is 1. The fraction of sp³-hybridized carbons (Fsp3) is 0.562. The molecule has 40 heavy (non-hydrogen) atoms. The van der Waals surface area contributed by atoms with Crippen molar-refractivity contribution in [3.63, 3.8) is 0 Å². The minimum atomic E-state index is -0.712. The largest absolute Gasteiger partial charge is 0.489 e. The van der Waals surface area contributed by atoms with Crippen molar-refractivity contribution >= 4 is 11.8 Å². The van der Waals surface area contributed by atoms with E-state index in [1.807, 2.05) is 61.5 Å². The van der Waals surface area contributed by atoms with Crippen molar-refractivity contribution in [2.45, 2.75) is 77.6 Å². The van der Waals surface area contributed by atoms with Crippen LogP contribution in [-0.2, 0) is 32.1 Å². The van der Waals surface area contributed by atoms with Gasteiger partial charge in [0.1, 0.15) is 25.1 Å². The normalized spacial score (nSPS) is 15.4. The molecule has 0 aliphatic carbocycles. The SMILES string of the molecule is CCCN(COC)C(=O)[C@H](Cc1ccc(OCc2ccccc2)cc1)NC(=O)[C@H](CC(C)C)NC1CCOCC1. The van der Waals surface area contributed by atoms with E-state index in [1.54, 1.807) is 12.0 Å². The van der Waals surface area contributed by atoms with Gasteiger partial charge in [-0.3, -0.25) is 9.59 Å². The Morgan fingerprint density at radius 3 is 2.33 bits per heavy atom. The monoisotopic (exact) mass is 553 g/mol. The molecule has 3 rings (SSSR count). The van der Waals surface area contributed by atoms with E-state index in [9.17, 15) is 9.59 Å². The van der Waals surface area contributed by atoms with Crippen molar-refractivity contribution < 1.29 is 23.8 Å². The first-order valence-electron chi connectivity index (χ1n) is 14.6. The zero-order valence-electron chi connectivity index (χ0n) is 24.6. The molecule has 0 unspecified atom stereocenters. The minimum Gasteiger partial charge on any atom is -0.489 e. The Morgan fingerprint density at radius 2 is 1.70 bits per heavy atom. The maximum Gasteiger partial charge on any atom is 0.247 e. The number of benzene rings is 2. The second kappa shape index (κ2) is 17.0. The van der Waals surface area contributed by atoms with Crippen molar-refractivity contribution in [2.24, 2.45) is 5.92 Å². The number of nitrogens with zero attached hydrogens (tertiary/aromatic N) is 1. The number of rotatable bonds is 16. The molecule has 2 atom stereocenters. The average molecular weight is 554 g/mol. The van der Waals surface area contributed by atoms with E-state index < -0.39 is 6.04 Å². The second-order valence-electron chi connectivity index (χ2n) is 10.9. The number of carbonyl (C=O) groups excluding carboxylic acids is 2. The van der Waals surface area contributed by atoms with Crippen LogP contribution in [0.15, 0.2) is 54.6 Å². The molecule has 2 aromatic carbocycles. The van der Waals surface area contributed by atoms with Gasteiger partial charge in [0.15, 0.2) is 0 Å². The molecular weight excluding hydrogens is 506 g/mol. The average Bonchev–Trinajstić information content (AvgIpc) is 2.96. The molecule has 0 aromatic heterocycles. The van der Waals surface area contributed by atoms with Crippen molar-refractivity contribution in [2.75, 3.05) is 33.6 Å². The van der Waals surface area contributed by atoms with Gasteiger partial charge in [-0.05, 0) is 54.9 Å². The first kappa shape index (κ1) is 31.6. The van der Waals surface area contributed by atoms with E-state index in [4.69, 9.17) is 14.2 Å². The summed E-state index contributed by atoms with van der Waals surface area (Å²) < 4.78 is 16.7. The molecule has 1 aliphatic heterocycles. The molecule has 2 aromatic rings. The van der Waals surface area contributed by atoms with Crippen LogP contribution in [0.2, 0.25) is 0 Å². The summed E-state index contributed by atoms with van der Waals surface area (Å²) in [7, 11) is 1.58. The summed E-state index contributed by atoms with van der Waals surface area (Å²) in [6.07, 6.45) is 3.61. The molecule has 2 amide bonds. The Kier molecular flexibility index (Phi) is 13.4. The topological polar surface area (TPSA) is 89.1 Å². The molecule has 8 nitrogen and oxygen atoms in total. The quantitative estimate of drug-likeness (QED) is 0.301. The van der Waals surface area contributed by atoms with Gasteiger partial charge in [-0.15, -0.1) is 0 Å². The third kappa shape index (κ3) is 10.6. The highest BCUT2D eigenvalue weighted by Gasteiger charge is 2.30. The van der Waals surface area contributed by atoms with Crippen LogP contribution >= 0.6 is 0 Å². The second-order valence-corrected chi connectivity index (χ2v) is 10.9. The molecule has 1 heterocycles. The molecule has 0 saturated carbocycles. The number of ether oxygens (including phenoxy) is 3. The fourth-order valence-corrected chi connectivity index (χ4v) is 4.93. The van der Waals surface area contributed by atoms with E-state index in [1.165, 1.54) is 0 Å².